The molecular weight excluding hydrogens is 326 g/mol. The van der Waals surface area contributed by atoms with Crippen LogP contribution in [0.2, 0.25) is 0 Å². The van der Waals surface area contributed by atoms with Crippen LogP contribution < -0.4 is 9.46 Å². The lowest BCUT2D eigenvalue weighted by Gasteiger charge is -2.30. The van der Waals surface area contributed by atoms with Crippen LogP contribution >= 0.6 is 11.9 Å². The second-order valence-electron chi connectivity index (χ2n) is 6.60. The molecule has 0 radical (unpaired) electrons. The Kier molecular flexibility index (Phi) is 5.87. The van der Waals surface area contributed by atoms with Gasteiger partial charge in [-0.2, -0.15) is 0 Å². The summed E-state index contributed by atoms with van der Waals surface area (Å²) < 4.78 is 9.22. The van der Waals surface area contributed by atoms with Gasteiger partial charge in [-0.3, -0.25) is 0 Å². The monoisotopic (exact) mass is 353 g/mol. The summed E-state index contributed by atoms with van der Waals surface area (Å²) in [6, 6.07) is 17.1. The first-order valence-electron chi connectivity index (χ1n) is 9.12. The fourth-order valence-corrected chi connectivity index (χ4v) is 4.38. The highest BCUT2D eigenvalue weighted by Gasteiger charge is 2.30. The van der Waals surface area contributed by atoms with E-state index in [1.165, 1.54) is 34.4 Å². The molecule has 0 fully saturated rings. The summed E-state index contributed by atoms with van der Waals surface area (Å²) >= 11 is 1.74. The molecule has 0 saturated heterocycles. The number of hydrogen-bond donors (Lipinski definition) is 1. The minimum absolute atomic E-state index is 0.0120. The molecule has 0 saturated carbocycles. The Morgan fingerprint density at radius 3 is 2.56 bits per heavy atom. The van der Waals surface area contributed by atoms with E-state index < -0.39 is 0 Å². The molecule has 1 atom stereocenters. The Labute approximate surface area is 155 Å². The summed E-state index contributed by atoms with van der Waals surface area (Å²) in [4.78, 5) is 1.22. The van der Waals surface area contributed by atoms with Gasteiger partial charge in [0.2, 0.25) is 0 Å². The number of nitrogens with one attached hydrogen (secondary N) is 1. The minimum Gasteiger partial charge on any atom is -0.497 e. The van der Waals surface area contributed by atoms with E-state index in [1.54, 1.807) is 19.1 Å². The Morgan fingerprint density at radius 2 is 1.88 bits per heavy atom. The van der Waals surface area contributed by atoms with Gasteiger partial charge in [-0.05, 0) is 59.7 Å². The topological polar surface area (TPSA) is 21.3 Å². The van der Waals surface area contributed by atoms with Crippen molar-refractivity contribution in [3.8, 4) is 5.75 Å². The van der Waals surface area contributed by atoms with E-state index in [2.05, 4.69) is 73.2 Å². The summed E-state index contributed by atoms with van der Waals surface area (Å²) in [6.45, 7) is 4.54. The van der Waals surface area contributed by atoms with Gasteiger partial charge in [0.25, 0.3) is 0 Å². The van der Waals surface area contributed by atoms with E-state index >= 15 is 0 Å². The van der Waals surface area contributed by atoms with Crippen LogP contribution in [0.5, 0.6) is 5.75 Å². The zero-order valence-corrected chi connectivity index (χ0v) is 16.2. The van der Waals surface area contributed by atoms with Gasteiger partial charge >= 0.3 is 0 Å². The van der Waals surface area contributed by atoms with Crippen LogP contribution in [0, 0.1) is 0 Å². The maximum absolute atomic E-state index is 5.44. The predicted octanol–water partition coefficient (Wildman–Crippen LogP) is 6.08. The van der Waals surface area contributed by atoms with Gasteiger partial charge in [-0.15, -0.1) is 0 Å². The first-order valence-corrected chi connectivity index (χ1v) is 9.93. The lowest BCUT2D eigenvalue weighted by molar-refractivity contribution is 0.413. The normalized spacial score (nSPS) is 19.7. The van der Waals surface area contributed by atoms with Crippen LogP contribution in [0.15, 0.2) is 59.5 Å². The van der Waals surface area contributed by atoms with E-state index in [9.17, 15) is 0 Å². The molecule has 0 aliphatic carbocycles. The largest absolute Gasteiger partial charge is 0.497 e. The smallest absolute Gasteiger partial charge is 0.120 e. The summed E-state index contributed by atoms with van der Waals surface area (Å²) in [7, 11) is 1.72. The maximum atomic E-state index is 5.44. The average Bonchev–Trinajstić information content (AvgIpc) is 2.84. The summed E-state index contributed by atoms with van der Waals surface area (Å²) in [5.74, 6) is 0.901. The predicted molar refractivity (Wildman–Crippen MR) is 108 cm³/mol. The molecule has 1 unspecified atom stereocenters. The highest BCUT2D eigenvalue weighted by Crippen LogP contribution is 2.41. The number of unbranched alkanes of at least 4 members (excludes halogenated alkanes) is 1. The van der Waals surface area contributed by atoms with Crippen molar-refractivity contribution < 1.29 is 4.74 Å². The van der Waals surface area contributed by atoms with E-state index in [0.717, 1.165) is 18.6 Å². The van der Waals surface area contributed by atoms with Crippen LogP contribution in [-0.2, 0) is 0 Å². The van der Waals surface area contributed by atoms with Crippen molar-refractivity contribution in [3.63, 3.8) is 0 Å². The molecule has 1 aliphatic rings. The number of rotatable bonds is 6. The molecule has 3 heteroatoms. The molecule has 1 N–H and O–H groups in total. The van der Waals surface area contributed by atoms with Crippen LogP contribution in [0.25, 0.3) is 5.57 Å². The molecule has 132 valence electrons. The molecular formula is C22H27NOS. The molecule has 2 nitrogen and oxygen atoms in total. The van der Waals surface area contributed by atoms with Gasteiger partial charge in [0.1, 0.15) is 5.75 Å². The van der Waals surface area contributed by atoms with Crippen molar-refractivity contribution in [3.05, 3.63) is 65.7 Å². The second-order valence-corrected chi connectivity index (χ2v) is 7.45. The number of ether oxygens (including phenoxy) is 1. The Morgan fingerprint density at radius 1 is 1.08 bits per heavy atom. The van der Waals surface area contributed by atoms with Gasteiger partial charge in [0, 0.05) is 10.4 Å². The van der Waals surface area contributed by atoms with Crippen LogP contribution in [0.4, 0.5) is 0 Å². The second kappa shape index (κ2) is 8.11. The van der Waals surface area contributed by atoms with Crippen LogP contribution in [-0.4, -0.2) is 12.6 Å². The number of benzene rings is 2. The lowest BCUT2D eigenvalue weighted by Crippen LogP contribution is -2.38. The van der Waals surface area contributed by atoms with Gasteiger partial charge in [-0.25, -0.2) is 4.72 Å². The summed E-state index contributed by atoms with van der Waals surface area (Å²) in [6.07, 6.45) is 7.11. The third-order valence-electron chi connectivity index (χ3n) is 4.96. The van der Waals surface area contributed by atoms with Crippen molar-refractivity contribution >= 4 is 17.5 Å². The SMILES string of the molecule is CCCCC1(CC)C=C(c2ccccc2)c2ccc(OC)cc2SN1. The lowest BCUT2D eigenvalue weighted by atomic mass is 9.85. The third-order valence-corrected chi connectivity index (χ3v) is 6.02. The zero-order chi connectivity index (χ0) is 17.7. The molecule has 2 aromatic rings. The van der Waals surface area contributed by atoms with Gasteiger partial charge in [-0.1, -0.05) is 63.1 Å². The fourth-order valence-electron chi connectivity index (χ4n) is 3.30. The highest BCUT2D eigenvalue weighted by molar-refractivity contribution is 7.97. The summed E-state index contributed by atoms with van der Waals surface area (Å²) in [5, 5.41) is 0. The van der Waals surface area contributed by atoms with Crippen molar-refractivity contribution in [1.82, 2.24) is 4.72 Å². The van der Waals surface area contributed by atoms with Crippen molar-refractivity contribution in [2.24, 2.45) is 0 Å². The van der Waals surface area contributed by atoms with Gasteiger partial charge in [0.15, 0.2) is 0 Å². The first kappa shape index (κ1) is 18.1. The Balaban J connectivity index is 2.13. The Hall–Kier alpha value is -1.71. The molecule has 0 bridgehead atoms. The number of hydrogen-bond acceptors (Lipinski definition) is 3. The molecule has 1 heterocycles. The van der Waals surface area contributed by atoms with E-state index in [4.69, 9.17) is 4.74 Å². The third kappa shape index (κ3) is 3.94. The number of fused-ring (bicyclic) bond motifs is 1. The molecule has 0 amide bonds. The molecule has 3 rings (SSSR count). The molecule has 0 aromatic heterocycles. The maximum Gasteiger partial charge on any atom is 0.120 e. The van der Waals surface area contributed by atoms with E-state index in [-0.39, 0.29) is 5.54 Å². The number of methoxy groups -OCH3 is 1. The van der Waals surface area contributed by atoms with Gasteiger partial charge < -0.3 is 4.74 Å². The molecule has 2 aromatic carbocycles. The zero-order valence-electron chi connectivity index (χ0n) is 15.3. The standard InChI is InChI=1S/C22H27NOS/c1-4-6-14-22(5-2)16-20(17-10-8-7-9-11-17)19-13-12-18(24-3)15-21(19)25-23-22/h7-13,15-16,23H,4-6,14H2,1-3H3. The van der Waals surface area contributed by atoms with Crippen LogP contribution in [0.1, 0.15) is 50.7 Å². The van der Waals surface area contributed by atoms with Crippen molar-refractivity contribution in [2.75, 3.05) is 7.11 Å². The Bertz CT molecular complexity index is 741. The first-order chi connectivity index (χ1) is 12.2. The van der Waals surface area contributed by atoms with Crippen molar-refractivity contribution in [2.45, 2.75) is 50.0 Å². The summed E-state index contributed by atoms with van der Waals surface area (Å²) in [5.41, 5.74) is 3.87. The molecule has 25 heavy (non-hydrogen) atoms. The molecule has 1 aliphatic heterocycles. The van der Waals surface area contributed by atoms with E-state index in [0.29, 0.717) is 0 Å². The fraction of sp³-hybridized carbons (Fsp3) is 0.364. The van der Waals surface area contributed by atoms with Crippen molar-refractivity contribution in [1.29, 1.82) is 0 Å². The van der Waals surface area contributed by atoms with E-state index in [1.807, 2.05) is 0 Å². The van der Waals surface area contributed by atoms with Crippen LogP contribution in [0.3, 0.4) is 0 Å². The molecule has 0 spiro atoms. The van der Waals surface area contributed by atoms with Gasteiger partial charge in [0.05, 0.1) is 7.11 Å². The minimum atomic E-state index is 0.0120. The highest BCUT2D eigenvalue weighted by atomic mass is 32.2. The quantitative estimate of drug-likeness (QED) is 0.636. The average molecular weight is 354 g/mol.